The number of aryl methyl sites for hydroxylation is 1. The molecule has 0 unspecified atom stereocenters. The van der Waals surface area contributed by atoms with Crippen molar-refractivity contribution in [1.82, 2.24) is 10.2 Å². The molecule has 2 N–H and O–H groups in total. The number of hydrogen-bond acceptors (Lipinski definition) is 5. The Bertz CT molecular complexity index is 426. The van der Waals surface area contributed by atoms with Gasteiger partial charge in [0.05, 0.1) is 0 Å². The molecule has 3 nitrogen and oxygen atoms in total. The summed E-state index contributed by atoms with van der Waals surface area (Å²) in [7, 11) is 0. The fourth-order valence-corrected chi connectivity index (χ4v) is 2.57. The molecule has 0 saturated heterocycles. The highest BCUT2D eigenvalue weighted by Crippen LogP contribution is 2.30. The van der Waals surface area contributed by atoms with E-state index in [1.165, 1.54) is 11.3 Å². The summed E-state index contributed by atoms with van der Waals surface area (Å²) in [6.45, 7) is 2.00. The van der Waals surface area contributed by atoms with E-state index in [1.54, 1.807) is 17.3 Å². The Morgan fingerprint density at radius 3 is 2.93 bits per heavy atom. The van der Waals surface area contributed by atoms with Crippen LogP contribution in [0.15, 0.2) is 32.9 Å². The number of hydrogen-bond donors (Lipinski definition) is 1. The van der Waals surface area contributed by atoms with Gasteiger partial charge < -0.3 is 5.73 Å². The van der Waals surface area contributed by atoms with Crippen LogP contribution in [-0.4, -0.2) is 10.2 Å². The second-order valence-corrected chi connectivity index (χ2v) is 4.98. The Balaban J connectivity index is 2.22. The van der Waals surface area contributed by atoms with Crippen molar-refractivity contribution in [3.8, 4) is 0 Å². The van der Waals surface area contributed by atoms with Crippen molar-refractivity contribution in [3.63, 3.8) is 0 Å². The molecule has 0 bridgehead atoms. The fraction of sp³-hybridized carbons (Fsp3) is 0.111. The molecule has 1 aromatic carbocycles. The van der Waals surface area contributed by atoms with Crippen LogP contribution in [0.2, 0.25) is 0 Å². The second-order valence-electron chi connectivity index (χ2n) is 2.83. The summed E-state index contributed by atoms with van der Waals surface area (Å²) in [6, 6.07) is 5.97. The van der Waals surface area contributed by atoms with E-state index in [1.807, 2.05) is 19.1 Å². The van der Waals surface area contributed by atoms with E-state index >= 15 is 0 Å². The highest BCUT2D eigenvalue weighted by molar-refractivity contribution is 8.01. The summed E-state index contributed by atoms with van der Waals surface area (Å²) in [5, 5.41) is 7.75. The van der Waals surface area contributed by atoms with Crippen LogP contribution in [0.4, 0.5) is 5.69 Å². The van der Waals surface area contributed by atoms with E-state index < -0.39 is 0 Å². The van der Waals surface area contributed by atoms with Crippen molar-refractivity contribution in [2.45, 2.75) is 16.2 Å². The molecule has 0 saturated carbocycles. The van der Waals surface area contributed by atoms with Crippen LogP contribution in [-0.2, 0) is 0 Å². The first-order valence-corrected chi connectivity index (χ1v) is 5.75. The average Bonchev–Trinajstić information content (AvgIpc) is 2.64. The van der Waals surface area contributed by atoms with Gasteiger partial charge in [-0.25, -0.2) is 0 Å². The van der Waals surface area contributed by atoms with Gasteiger partial charge in [0, 0.05) is 10.6 Å². The van der Waals surface area contributed by atoms with Gasteiger partial charge in [-0.1, -0.05) is 23.1 Å². The van der Waals surface area contributed by atoms with Gasteiger partial charge in [0.15, 0.2) is 4.34 Å². The Labute approximate surface area is 90.4 Å². The molecule has 0 aliphatic carbocycles. The maximum Gasteiger partial charge on any atom is 0.178 e. The van der Waals surface area contributed by atoms with E-state index in [-0.39, 0.29) is 0 Å². The first kappa shape index (κ1) is 9.48. The molecule has 14 heavy (non-hydrogen) atoms. The number of benzene rings is 1. The number of nitrogen functional groups attached to an aromatic ring is 1. The zero-order valence-electron chi connectivity index (χ0n) is 7.60. The lowest BCUT2D eigenvalue weighted by molar-refractivity contribution is 1.01. The number of aromatic nitrogens is 2. The molecule has 5 heteroatoms. The Kier molecular flexibility index (Phi) is 2.69. The van der Waals surface area contributed by atoms with Crippen LogP contribution in [0.3, 0.4) is 0 Å². The molecule has 2 rings (SSSR count). The Hall–Kier alpha value is -1.07. The molecule has 1 aromatic heterocycles. The molecule has 0 radical (unpaired) electrons. The first-order valence-electron chi connectivity index (χ1n) is 4.06. The number of anilines is 1. The lowest BCUT2D eigenvalue weighted by atomic mass is 10.2. The Morgan fingerprint density at radius 1 is 1.43 bits per heavy atom. The van der Waals surface area contributed by atoms with Crippen LogP contribution in [0.5, 0.6) is 0 Å². The van der Waals surface area contributed by atoms with Crippen molar-refractivity contribution in [2.75, 3.05) is 5.73 Å². The van der Waals surface area contributed by atoms with E-state index in [0.717, 1.165) is 20.5 Å². The maximum absolute atomic E-state index is 5.73. The predicted molar refractivity (Wildman–Crippen MR) is 59.6 cm³/mol. The minimum Gasteiger partial charge on any atom is -0.399 e. The highest BCUT2D eigenvalue weighted by atomic mass is 32.2. The summed E-state index contributed by atoms with van der Waals surface area (Å²) in [5.41, 5.74) is 9.38. The van der Waals surface area contributed by atoms with E-state index in [2.05, 4.69) is 16.3 Å². The largest absolute Gasteiger partial charge is 0.399 e. The van der Waals surface area contributed by atoms with E-state index in [4.69, 9.17) is 5.73 Å². The zero-order chi connectivity index (χ0) is 9.97. The third-order valence-corrected chi connectivity index (χ3v) is 3.55. The monoisotopic (exact) mass is 223 g/mol. The van der Waals surface area contributed by atoms with Crippen LogP contribution in [0, 0.1) is 6.92 Å². The van der Waals surface area contributed by atoms with Gasteiger partial charge in [-0.2, -0.15) is 0 Å². The predicted octanol–water partition coefficient (Wildman–Crippen LogP) is 2.58. The van der Waals surface area contributed by atoms with Gasteiger partial charge in [0.2, 0.25) is 0 Å². The molecule has 2 aromatic rings. The first-order chi connectivity index (χ1) is 6.75. The van der Waals surface area contributed by atoms with Crippen LogP contribution >= 0.6 is 23.1 Å². The summed E-state index contributed by atoms with van der Waals surface area (Å²) >= 11 is 3.14. The lowest BCUT2D eigenvalue weighted by Crippen LogP contribution is -1.88. The quantitative estimate of drug-likeness (QED) is 0.795. The number of nitrogens with zero attached hydrogens (tertiary/aromatic N) is 2. The van der Waals surface area contributed by atoms with Crippen LogP contribution in [0.25, 0.3) is 0 Å². The molecule has 0 spiro atoms. The maximum atomic E-state index is 5.73. The number of rotatable bonds is 2. The van der Waals surface area contributed by atoms with Gasteiger partial charge in [0.1, 0.15) is 5.51 Å². The minimum atomic E-state index is 0.826. The van der Waals surface area contributed by atoms with Gasteiger partial charge in [-0.05, 0) is 30.7 Å². The average molecular weight is 223 g/mol. The molecule has 0 amide bonds. The fourth-order valence-electron chi connectivity index (χ4n) is 1.02. The van der Waals surface area contributed by atoms with Gasteiger partial charge in [-0.3, -0.25) is 0 Å². The summed E-state index contributed by atoms with van der Waals surface area (Å²) in [5.74, 6) is 0. The van der Waals surface area contributed by atoms with Crippen molar-refractivity contribution >= 4 is 28.8 Å². The molecular formula is C9H9N3S2. The third kappa shape index (κ3) is 2.05. The molecular weight excluding hydrogens is 214 g/mol. The third-order valence-electron chi connectivity index (χ3n) is 1.79. The number of nitrogens with two attached hydrogens (primary N) is 1. The molecule has 72 valence electrons. The standard InChI is InChI=1S/C9H9N3S2/c1-6-4-7(2-3-8(6)10)14-9-12-11-5-13-9/h2-5H,10H2,1H3. The minimum absolute atomic E-state index is 0.826. The molecule has 0 fully saturated rings. The van der Waals surface area contributed by atoms with Crippen molar-refractivity contribution < 1.29 is 0 Å². The molecule has 0 atom stereocenters. The van der Waals surface area contributed by atoms with Gasteiger partial charge >= 0.3 is 0 Å². The SMILES string of the molecule is Cc1cc(Sc2nncs2)ccc1N. The smallest absolute Gasteiger partial charge is 0.178 e. The summed E-state index contributed by atoms with van der Waals surface area (Å²) in [6.07, 6.45) is 0. The molecule has 0 aliphatic heterocycles. The van der Waals surface area contributed by atoms with Gasteiger partial charge in [0.25, 0.3) is 0 Å². The second kappa shape index (κ2) is 3.98. The van der Waals surface area contributed by atoms with Crippen LogP contribution in [0.1, 0.15) is 5.56 Å². The summed E-state index contributed by atoms with van der Waals surface area (Å²) in [4.78, 5) is 1.15. The highest BCUT2D eigenvalue weighted by Gasteiger charge is 2.01. The normalized spacial score (nSPS) is 10.4. The summed E-state index contributed by atoms with van der Waals surface area (Å²) < 4.78 is 0.953. The topological polar surface area (TPSA) is 51.8 Å². The van der Waals surface area contributed by atoms with E-state index in [0.29, 0.717) is 0 Å². The molecule has 0 aliphatic rings. The van der Waals surface area contributed by atoms with E-state index in [9.17, 15) is 0 Å². The van der Waals surface area contributed by atoms with Crippen molar-refractivity contribution in [3.05, 3.63) is 29.3 Å². The lowest BCUT2D eigenvalue weighted by Gasteiger charge is -2.01. The van der Waals surface area contributed by atoms with Crippen molar-refractivity contribution in [2.24, 2.45) is 0 Å². The molecule has 1 heterocycles. The zero-order valence-corrected chi connectivity index (χ0v) is 9.23. The van der Waals surface area contributed by atoms with Gasteiger partial charge in [-0.15, -0.1) is 10.2 Å². The van der Waals surface area contributed by atoms with Crippen LogP contribution < -0.4 is 5.73 Å². The Morgan fingerprint density at radius 2 is 2.29 bits per heavy atom. The van der Waals surface area contributed by atoms with Crippen molar-refractivity contribution in [1.29, 1.82) is 0 Å².